The van der Waals surface area contributed by atoms with Crippen molar-refractivity contribution in [3.63, 3.8) is 0 Å². The normalized spacial score (nSPS) is 22.8. The van der Waals surface area contributed by atoms with Crippen molar-refractivity contribution >= 4 is 29.2 Å². The van der Waals surface area contributed by atoms with Crippen LogP contribution >= 0.6 is 0 Å². The SMILES string of the molecule is COC(CC(C)C)C(=O)N1CC(=O)C2C1CCN2C(=O)C(CC(C)C)NC(=O)c1ccc(N2CCN(C)CC2)cc1. The Morgan fingerprint density at radius 3 is 2.12 bits per heavy atom. The van der Waals surface area contributed by atoms with Gasteiger partial charge in [0.15, 0.2) is 5.78 Å². The zero-order valence-electron chi connectivity index (χ0n) is 25.5. The topological polar surface area (TPSA) is 102 Å². The monoisotopic (exact) mass is 569 g/mol. The van der Waals surface area contributed by atoms with Crippen LogP contribution < -0.4 is 10.2 Å². The molecule has 226 valence electrons. The van der Waals surface area contributed by atoms with Crippen molar-refractivity contribution in [3.8, 4) is 0 Å². The van der Waals surface area contributed by atoms with Crippen molar-refractivity contribution in [2.75, 3.05) is 58.3 Å². The van der Waals surface area contributed by atoms with E-state index in [2.05, 4.69) is 22.2 Å². The van der Waals surface area contributed by atoms with Crippen molar-refractivity contribution < 1.29 is 23.9 Å². The molecule has 0 aliphatic carbocycles. The van der Waals surface area contributed by atoms with Crippen molar-refractivity contribution in [3.05, 3.63) is 29.8 Å². The van der Waals surface area contributed by atoms with Crippen molar-refractivity contribution in [1.82, 2.24) is 20.0 Å². The number of carbonyl (C=O) groups is 4. The van der Waals surface area contributed by atoms with Gasteiger partial charge in [0.2, 0.25) is 5.91 Å². The van der Waals surface area contributed by atoms with E-state index in [9.17, 15) is 19.2 Å². The third kappa shape index (κ3) is 7.09. The zero-order valence-corrected chi connectivity index (χ0v) is 25.5. The maximum Gasteiger partial charge on any atom is 0.252 e. The van der Waals surface area contributed by atoms with E-state index in [1.54, 1.807) is 21.9 Å². The fraction of sp³-hybridized carbons (Fsp3) is 0.677. The summed E-state index contributed by atoms with van der Waals surface area (Å²) in [6.07, 6.45) is 0.942. The fourth-order valence-electron chi connectivity index (χ4n) is 6.29. The van der Waals surface area contributed by atoms with E-state index in [0.717, 1.165) is 31.9 Å². The Kier molecular flexibility index (Phi) is 10.1. The first kappa shape index (κ1) is 31.0. The molecule has 0 bridgehead atoms. The number of nitrogens with zero attached hydrogens (tertiary/aromatic N) is 4. The second kappa shape index (κ2) is 13.3. The minimum atomic E-state index is -0.760. The number of nitrogens with one attached hydrogen (secondary N) is 1. The van der Waals surface area contributed by atoms with Crippen LogP contribution in [0.4, 0.5) is 5.69 Å². The predicted molar refractivity (Wildman–Crippen MR) is 158 cm³/mol. The molecule has 3 amide bonds. The first-order chi connectivity index (χ1) is 19.5. The first-order valence-corrected chi connectivity index (χ1v) is 15.0. The molecule has 41 heavy (non-hydrogen) atoms. The summed E-state index contributed by atoms with van der Waals surface area (Å²) in [5.41, 5.74) is 1.57. The van der Waals surface area contributed by atoms with Crippen LogP contribution in [-0.2, 0) is 19.1 Å². The average molecular weight is 570 g/mol. The van der Waals surface area contributed by atoms with Gasteiger partial charge >= 0.3 is 0 Å². The van der Waals surface area contributed by atoms with E-state index in [1.807, 2.05) is 39.8 Å². The molecule has 4 atom stereocenters. The van der Waals surface area contributed by atoms with Gasteiger partial charge in [0, 0.05) is 51.1 Å². The van der Waals surface area contributed by atoms with Crippen LogP contribution in [0.1, 0.15) is 57.3 Å². The van der Waals surface area contributed by atoms with E-state index >= 15 is 0 Å². The highest BCUT2D eigenvalue weighted by molar-refractivity contribution is 6.01. The number of amides is 3. The average Bonchev–Trinajstić information content (AvgIpc) is 3.52. The number of ether oxygens (including phenoxy) is 1. The molecule has 0 radical (unpaired) electrons. The van der Waals surface area contributed by atoms with Gasteiger partial charge in [-0.05, 0) is 62.4 Å². The number of likely N-dealkylation sites (N-methyl/N-ethyl adjacent to an activating group) is 1. The molecule has 0 spiro atoms. The number of hydrogen-bond acceptors (Lipinski definition) is 7. The van der Waals surface area contributed by atoms with Crippen molar-refractivity contribution in [1.29, 1.82) is 0 Å². The number of carbonyl (C=O) groups excluding carboxylic acids is 4. The lowest BCUT2D eigenvalue weighted by Crippen LogP contribution is -2.53. The van der Waals surface area contributed by atoms with Gasteiger partial charge in [0.25, 0.3) is 11.8 Å². The molecule has 10 heteroatoms. The minimum Gasteiger partial charge on any atom is -0.372 e. The van der Waals surface area contributed by atoms with Crippen LogP contribution in [0.15, 0.2) is 24.3 Å². The van der Waals surface area contributed by atoms with E-state index < -0.39 is 18.2 Å². The smallest absolute Gasteiger partial charge is 0.252 e. The first-order valence-electron chi connectivity index (χ1n) is 15.0. The molecule has 0 aromatic heterocycles. The second-order valence-corrected chi connectivity index (χ2v) is 12.6. The zero-order chi connectivity index (χ0) is 29.8. The molecular weight excluding hydrogens is 522 g/mol. The Morgan fingerprint density at radius 2 is 1.54 bits per heavy atom. The summed E-state index contributed by atoms with van der Waals surface area (Å²) < 4.78 is 5.47. The predicted octanol–water partition coefficient (Wildman–Crippen LogP) is 2.02. The number of fused-ring (bicyclic) bond motifs is 1. The quantitative estimate of drug-likeness (QED) is 0.460. The Labute approximate surface area is 244 Å². The number of piperazine rings is 1. The Bertz CT molecular complexity index is 1100. The third-order valence-electron chi connectivity index (χ3n) is 8.54. The molecule has 3 aliphatic heterocycles. The number of anilines is 1. The molecular formula is C31H47N5O5. The summed E-state index contributed by atoms with van der Waals surface area (Å²) in [5.74, 6) is -0.482. The Hall–Kier alpha value is -2.98. The standard InChI is InChI=1S/C31H47N5O5/c1-20(2)17-24(32-29(38)22-7-9-23(10-8-22)34-15-13-33(5)14-16-34)30(39)35-12-11-25-28(35)26(37)19-36(25)31(40)27(41-6)18-21(3)4/h7-10,20-21,24-25,27-28H,11-19H2,1-6H3,(H,32,38). The fourth-order valence-corrected chi connectivity index (χ4v) is 6.29. The van der Waals surface area contributed by atoms with Crippen LogP contribution in [0.25, 0.3) is 0 Å². The van der Waals surface area contributed by atoms with Crippen LogP contribution in [0.5, 0.6) is 0 Å². The summed E-state index contributed by atoms with van der Waals surface area (Å²) >= 11 is 0. The molecule has 10 nitrogen and oxygen atoms in total. The molecule has 1 aromatic carbocycles. The van der Waals surface area contributed by atoms with Gasteiger partial charge in [-0.15, -0.1) is 0 Å². The maximum atomic E-state index is 13.9. The Morgan fingerprint density at radius 1 is 0.902 bits per heavy atom. The molecule has 3 aliphatic rings. The number of likely N-dealkylation sites (tertiary alicyclic amines) is 2. The molecule has 4 rings (SSSR count). The third-order valence-corrected chi connectivity index (χ3v) is 8.54. The van der Waals surface area contributed by atoms with E-state index in [1.165, 1.54) is 7.11 Å². The summed E-state index contributed by atoms with van der Waals surface area (Å²) in [5, 5.41) is 2.96. The largest absolute Gasteiger partial charge is 0.372 e. The van der Waals surface area contributed by atoms with Crippen LogP contribution in [0, 0.1) is 11.8 Å². The molecule has 1 aromatic rings. The highest BCUT2D eigenvalue weighted by atomic mass is 16.5. The minimum absolute atomic E-state index is 0.0171. The highest BCUT2D eigenvalue weighted by Gasteiger charge is 2.53. The van der Waals surface area contributed by atoms with Crippen molar-refractivity contribution in [2.24, 2.45) is 11.8 Å². The Balaban J connectivity index is 1.44. The summed E-state index contributed by atoms with van der Waals surface area (Å²) in [6.45, 7) is 12.3. The number of benzene rings is 1. The summed E-state index contributed by atoms with van der Waals surface area (Å²) in [6, 6.07) is 5.72. The van der Waals surface area contributed by atoms with E-state index in [0.29, 0.717) is 31.4 Å². The van der Waals surface area contributed by atoms with Gasteiger partial charge in [0.05, 0.1) is 12.6 Å². The number of Topliss-reactive ketones (excluding diaryl/α,β-unsaturated/α-hetero) is 1. The van der Waals surface area contributed by atoms with Gasteiger partial charge in [-0.1, -0.05) is 27.7 Å². The van der Waals surface area contributed by atoms with Crippen LogP contribution in [-0.4, -0.2) is 116 Å². The highest BCUT2D eigenvalue weighted by Crippen LogP contribution is 2.32. The molecule has 1 N–H and O–H groups in total. The van der Waals surface area contributed by atoms with Crippen molar-refractivity contribution in [2.45, 2.75) is 71.2 Å². The number of methoxy groups -OCH3 is 1. The summed E-state index contributed by atoms with van der Waals surface area (Å²) in [7, 11) is 3.63. The molecule has 0 saturated carbocycles. The lowest BCUT2D eigenvalue weighted by molar-refractivity contribution is -0.144. The van der Waals surface area contributed by atoms with Gasteiger partial charge in [-0.3, -0.25) is 19.2 Å². The number of ketones is 1. The molecule has 4 unspecified atom stereocenters. The molecule has 3 fully saturated rings. The lowest BCUT2D eigenvalue weighted by Gasteiger charge is -2.34. The van der Waals surface area contributed by atoms with E-state index in [-0.39, 0.29) is 47.9 Å². The molecule has 3 heterocycles. The second-order valence-electron chi connectivity index (χ2n) is 12.6. The number of rotatable bonds is 10. The van der Waals surface area contributed by atoms with Gasteiger partial charge in [-0.2, -0.15) is 0 Å². The van der Waals surface area contributed by atoms with Gasteiger partial charge < -0.3 is 29.7 Å². The van der Waals surface area contributed by atoms with Gasteiger partial charge in [0.1, 0.15) is 18.2 Å². The molecule has 3 saturated heterocycles. The summed E-state index contributed by atoms with van der Waals surface area (Å²) in [4.78, 5) is 61.4. The van der Waals surface area contributed by atoms with Crippen LogP contribution in [0.3, 0.4) is 0 Å². The van der Waals surface area contributed by atoms with Crippen LogP contribution in [0.2, 0.25) is 0 Å². The maximum absolute atomic E-state index is 13.9. The van der Waals surface area contributed by atoms with E-state index in [4.69, 9.17) is 4.74 Å². The lowest BCUT2D eigenvalue weighted by atomic mass is 10.0. The van der Waals surface area contributed by atoms with Gasteiger partial charge in [-0.25, -0.2) is 0 Å². The number of hydrogen-bond donors (Lipinski definition) is 1.